The zero-order valence-electron chi connectivity index (χ0n) is 11.7. The molecular weight excluding hydrogens is 228 g/mol. The van der Waals surface area contributed by atoms with Crippen molar-refractivity contribution in [1.29, 1.82) is 0 Å². The van der Waals surface area contributed by atoms with E-state index < -0.39 is 0 Å². The van der Waals surface area contributed by atoms with Crippen LogP contribution in [0.25, 0.3) is 0 Å². The second-order valence-corrected chi connectivity index (χ2v) is 4.79. The van der Waals surface area contributed by atoms with Gasteiger partial charge in [0.15, 0.2) is 11.6 Å². The van der Waals surface area contributed by atoms with E-state index in [4.69, 9.17) is 4.74 Å². The van der Waals surface area contributed by atoms with Crippen molar-refractivity contribution in [2.75, 3.05) is 11.9 Å². The van der Waals surface area contributed by atoms with Gasteiger partial charge in [-0.2, -0.15) is 0 Å². The summed E-state index contributed by atoms with van der Waals surface area (Å²) in [5.74, 6) is 1.43. The van der Waals surface area contributed by atoms with Crippen LogP contribution in [0.2, 0.25) is 0 Å². The maximum Gasteiger partial charge on any atom is 0.169 e. The smallest absolute Gasteiger partial charge is 0.169 e. The number of rotatable bonds is 7. The summed E-state index contributed by atoms with van der Waals surface area (Å²) < 4.78 is 5.72. The molecule has 0 unspecified atom stereocenters. The fourth-order valence-electron chi connectivity index (χ4n) is 1.77. The maximum atomic E-state index is 9.58. The van der Waals surface area contributed by atoms with Crippen LogP contribution in [0.5, 0.6) is 5.75 Å². The topological polar surface area (TPSA) is 54.4 Å². The van der Waals surface area contributed by atoms with Gasteiger partial charge in [0, 0.05) is 6.20 Å². The molecule has 2 N–H and O–H groups in total. The quantitative estimate of drug-likeness (QED) is 0.783. The number of hydrogen-bond acceptors (Lipinski definition) is 4. The van der Waals surface area contributed by atoms with Crippen LogP contribution in [-0.4, -0.2) is 28.3 Å². The average molecular weight is 252 g/mol. The van der Waals surface area contributed by atoms with Crippen molar-refractivity contribution in [2.24, 2.45) is 0 Å². The van der Waals surface area contributed by atoms with Gasteiger partial charge in [0.2, 0.25) is 0 Å². The van der Waals surface area contributed by atoms with E-state index in [2.05, 4.69) is 24.1 Å². The van der Waals surface area contributed by atoms with Crippen molar-refractivity contribution in [3.63, 3.8) is 0 Å². The molecule has 0 radical (unpaired) electrons. The largest absolute Gasteiger partial charge is 0.487 e. The molecule has 0 aliphatic heterocycles. The molecule has 1 rings (SSSR count). The standard InChI is InChI=1S/C14H24N2O2/c1-5-14(6-2,10-17)16-13-12(18-11(3)4)8-7-9-15-13/h7-9,11,17H,5-6,10H2,1-4H3,(H,15,16). The number of nitrogens with zero attached hydrogens (tertiary/aromatic N) is 1. The summed E-state index contributed by atoms with van der Waals surface area (Å²) in [6.07, 6.45) is 3.49. The van der Waals surface area contributed by atoms with E-state index in [0.717, 1.165) is 18.6 Å². The lowest BCUT2D eigenvalue weighted by Gasteiger charge is -2.32. The molecule has 0 bridgehead atoms. The van der Waals surface area contributed by atoms with Crippen molar-refractivity contribution >= 4 is 5.82 Å². The fourth-order valence-corrected chi connectivity index (χ4v) is 1.77. The number of anilines is 1. The lowest BCUT2D eigenvalue weighted by molar-refractivity contribution is 0.200. The molecule has 4 heteroatoms. The van der Waals surface area contributed by atoms with Gasteiger partial charge in [0.05, 0.1) is 18.2 Å². The lowest BCUT2D eigenvalue weighted by atomic mass is 9.94. The Kier molecular flexibility index (Phi) is 5.41. The van der Waals surface area contributed by atoms with E-state index in [-0.39, 0.29) is 18.2 Å². The second-order valence-electron chi connectivity index (χ2n) is 4.79. The van der Waals surface area contributed by atoms with Crippen molar-refractivity contribution in [2.45, 2.75) is 52.2 Å². The van der Waals surface area contributed by atoms with Crippen LogP contribution in [0.15, 0.2) is 18.3 Å². The van der Waals surface area contributed by atoms with E-state index in [1.54, 1.807) is 6.20 Å². The minimum absolute atomic E-state index is 0.0810. The molecule has 0 aliphatic rings. The van der Waals surface area contributed by atoms with Crippen LogP contribution in [-0.2, 0) is 0 Å². The van der Waals surface area contributed by atoms with E-state index in [1.807, 2.05) is 26.0 Å². The first-order chi connectivity index (χ1) is 8.56. The highest BCUT2D eigenvalue weighted by molar-refractivity contribution is 5.51. The van der Waals surface area contributed by atoms with Gasteiger partial charge in [-0.15, -0.1) is 0 Å². The highest BCUT2D eigenvalue weighted by atomic mass is 16.5. The van der Waals surface area contributed by atoms with Crippen LogP contribution in [0.1, 0.15) is 40.5 Å². The normalized spacial score (nSPS) is 11.7. The third kappa shape index (κ3) is 3.60. The molecule has 0 aromatic carbocycles. The molecule has 1 aromatic heterocycles. The molecule has 1 aromatic rings. The molecule has 1 heterocycles. The molecule has 0 aliphatic carbocycles. The molecule has 18 heavy (non-hydrogen) atoms. The van der Waals surface area contributed by atoms with Crippen molar-refractivity contribution < 1.29 is 9.84 Å². The Morgan fingerprint density at radius 3 is 2.56 bits per heavy atom. The Hall–Kier alpha value is -1.29. The molecule has 0 atom stereocenters. The monoisotopic (exact) mass is 252 g/mol. The first kappa shape index (κ1) is 14.8. The Morgan fingerprint density at radius 2 is 2.06 bits per heavy atom. The van der Waals surface area contributed by atoms with Crippen LogP contribution in [0.4, 0.5) is 5.82 Å². The van der Waals surface area contributed by atoms with E-state index in [9.17, 15) is 5.11 Å². The van der Waals surface area contributed by atoms with Gasteiger partial charge in [0.25, 0.3) is 0 Å². The predicted octanol–water partition coefficient (Wildman–Crippen LogP) is 2.83. The SMILES string of the molecule is CCC(CC)(CO)Nc1ncccc1OC(C)C. The Morgan fingerprint density at radius 1 is 1.39 bits per heavy atom. The minimum Gasteiger partial charge on any atom is -0.487 e. The van der Waals surface area contributed by atoms with Crippen LogP contribution in [0.3, 0.4) is 0 Å². The van der Waals surface area contributed by atoms with Gasteiger partial charge in [-0.1, -0.05) is 13.8 Å². The average Bonchev–Trinajstić information content (AvgIpc) is 2.37. The number of aliphatic hydroxyl groups is 1. The van der Waals surface area contributed by atoms with Crippen LogP contribution >= 0.6 is 0 Å². The van der Waals surface area contributed by atoms with E-state index in [1.165, 1.54) is 0 Å². The molecular formula is C14H24N2O2. The number of pyridine rings is 1. The molecule has 0 spiro atoms. The summed E-state index contributed by atoms with van der Waals surface area (Å²) in [6.45, 7) is 8.15. The summed E-state index contributed by atoms with van der Waals surface area (Å²) in [5.41, 5.74) is -0.330. The highest BCUT2D eigenvalue weighted by Gasteiger charge is 2.26. The van der Waals surface area contributed by atoms with Crippen molar-refractivity contribution in [1.82, 2.24) is 4.98 Å². The maximum absolute atomic E-state index is 9.58. The molecule has 0 saturated heterocycles. The number of nitrogens with one attached hydrogen (secondary N) is 1. The van der Waals surface area contributed by atoms with Gasteiger partial charge >= 0.3 is 0 Å². The minimum atomic E-state index is -0.330. The van der Waals surface area contributed by atoms with Crippen LogP contribution < -0.4 is 10.1 Å². The first-order valence-corrected chi connectivity index (χ1v) is 6.57. The molecule has 102 valence electrons. The zero-order valence-corrected chi connectivity index (χ0v) is 11.7. The number of ether oxygens (including phenoxy) is 1. The lowest BCUT2D eigenvalue weighted by Crippen LogP contribution is -2.41. The third-order valence-corrected chi connectivity index (χ3v) is 3.17. The number of hydrogen-bond donors (Lipinski definition) is 2. The van der Waals surface area contributed by atoms with E-state index >= 15 is 0 Å². The van der Waals surface area contributed by atoms with Gasteiger partial charge in [-0.25, -0.2) is 4.98 Å². The van der Waals surface area contributed by atoms with Gasteiger partial charge in [0.1, 0.15) is 0 Å². The van der Waals surface area contributed by atoms with E-state index in [0.29, 0.717) is 5.82 Å². The predicted molar refractivity (Wildman–Crippen MR) is 74.0 cm³/mol. The summed E-state index contributed by atoms with van der Waals surface area (Å²) in [5, 5.41) is 12.9. The van der Waals surface area contributed by atoms with Crippen molar-refractivity contribution in [3.8, 4) is 5.75 Å². The van der Waals surface area contributed by atoms with Gasteiger partial charge in [-0.05, 0) is 38.8 Å². The van der Waals surface area contributed by atoms with Gasteiger partial charge in [-0.3, -0.25) is 0 Å². The summed E-state index contributed by atoms with van der Waals surface area (Å²) >= 11 is 0. The fraction of sp³-hybridized carbons (Fsp3) is 0.643. The molecule has 0 fully saturated rings. The summed E-state index contributed by atoms with van der Waals surface area (Å²) in [7, 11) is 0. The first-order valence-electron chi connectivity index (χ1n) is 6.57. The summed E-state index contributed by atoms with van der Waals surface area (Å²) in [6, 6.07) is 3.74. The van der Waals surface area contributed by atoms with Crippen molar-refractivity contribution in [3.05, 3.63) is 18.3 Å². The molecule has 4 nitrogen and oxygen atoms in total. The highest BCUT2D eigenvalue weighted by Crippen LogP contribution is 2.28. The molecule has 0 amide bonds. The van der Waals surface area contributed by atoms with Gasteiger partial charge < -0.3 is 15.2 Å². The number of aliphatic hydroxyl groups excluding tert-OH is 1. The third-order valence-electron chi connectivity index (χ3n) is 3.17. The number of aromatic nitrogens is 1. The zero-order chi connectivity index (χ0) is 13.6. The van der Waals surface area contributed by atoms with Crippen LogP contribution in [0, 0.1) is 0 Å². The Labute approximate surface area is 109 Å². The summed E-state index contributed by atoms with van der Waals surface area (Å²) in [4.78, 5) is 4.31. The molecule has 0 saturated carbocycles. The second kappa shape index (κ2) is 6.59. The Bertz CT molecular complexity index is 354. The Balaban J connectivity index is 2.95.